The van der Waals surface area contributed by atoms with Gasteiger partial charge in [-0.15, -0.1) is 10.2 Å². The first-order valence-corrected chi connectivity index (χ1v) is 12.9. The van der Waals surface area contributed by atoms with Crippen LogP contribution in [-0.2, 0) is 11.2 Å². The average molecular weight is 544 g/mol. The summed E-state index contributed by atoms with van der Waals surface area (Å²) in [4.78, 5) is 18.2. The number of nitrogens with one attached hydrogen (secondary N) is 1. The molecule has 39 heavy (non-hydrogen) atoms. The molecule has 1 aliphatic heterocycles. The van der Waals surface area contributed by atoms with E-state index in [4.69, 9.17) is 21.3 Å². The van der Waals surface area contributed by atoms with Crippen LogP contribution >= 0.6 is 11.6 Å². The van der Waals surface area contributed by atoms with Crippen LogP contribution in [0.3, 0.4) is 0 Å². The van der Waals surface area contributed by atoms with Gasteiger partial charge in [-0.25, -0.2) is 0 Å². The molecule has 1 atom stereocenters. The van der Waals surface area contributed by atoms with Crippen LogP contribution in [0.4, 0.5) is 0 Å². The van der Waals surface area contributed by atoms with E-state index in [1.165, 1.54) is 0 Å². The van der Waals surface area contributed by atoms with Crippen molar-refractivity contribution in [2.75, 3.05) is 13.7 Å². The highest BCUT2D eigenvalue weighted by atomic mass is 35.5. The predicted octanol–water partition coefficient (Wildman–Crippen LogP) is 2.56. The summed E-state index contributed by atoms with van der Waals surface area (Å²) < 4.78 is 7.45. The molecule has 1 aromatic heterocycles. The van der Waals surface area contributed by atoms with Crippen molar-refractivity contribution >= 4 is 35.8 Å². The van der Waals surface area contributed by atoms with Gasteiger partial charge in [-0.3, -0.25) is 14.4 Å². The van der Waals surface area contributed by atoms with E-state index in [9.17, 15) is 14.8 Å². The molecule has 11 heteroatoms. The molecule has 0 aliphatic carbocycles. The minimum Gasteiger partial charge on any atom is -0.497 e. The lowest BCUT2D eigenvalue weighted by molar-refractivity contribution is -0.121. The maximum atomic E-state index is 13.1. The summed E-state index contributed by atoms with van der Waals surface area (Å²) in [6.07, 6.45) is 0.675. The summed E-state index contributed by atoms with van der Waals surface area (Å²) in [7, 11) is 0.111. The summed E-state index contributed by atoms with van der Waals surface area (Å²) in [5.74, 6) is 1.78. The number of methoxy groups -OCH3 is 1. The third-order valence-corrected chi connectivity index (χ3v) is 6.89. The van der Waals surface area contributed by atoms with Crippen LogP contribution < -0.4 is 15.5 Å². The van der Waals surface area contributed by atoms with E-state index in [1.54, 1.807) is 19.2 Å². The smallest absolute Gasteiger partial charge is 0.488 e. The van der Waals surface area contributed by atoms with Crippen LogP contribution in [0, 0.1) is 6.92 Å². The van der Waals surface area contributed by atoms with E-state index < -0.39 is 13.2 Å². The van der Waals surface area contributed by atoms with Crippen molar-refractivity contribution in [1.29, 1.82) is 0 Å². The molecule has 0 saturated heterocycles. The fourth-order valence-corrected chi connectivity index (χ4v) is 4.75. The van der Waals surface area contributed by atoms with Gasteiger partial charge in [0.25, 0.3) is 0 Å². The Morgan fingerprint density at radius 1 is 1.08 bits per heavy atom. The monoisotopic (exact) mass is 543 g/mol. The second-order valence-electron chi connectivity index (χ2n) is 9.24. The molecule has 0 spiro atoms. The molecular formula is C28H27BClN5O4. The van der Waals surface area contributed by atoms with Crippen molar-refractivity contribution in [2.45, 2.75) is 25.8 Å². The topological polar surface area (TPSA) is 122 Å². The van der Waals surface area contributed by atoms with E-state index in [1.807, 2.05) is 66.1 Å². The van der Waals surface area contributed by atoms with Gasteiger partial charge in [-0.1, -0.05) is 48.0 Å². The number of hydrogen-bond acceptors (Lipinski definition) is 7. The molecule has 2 heterocycles. The molecule has 1 aliphatic rings. The number of hydrogen-bond donors (Lipinski definition) is 3. The number of carbonyl (C=O) groups is 1. The molecule has 3 aromatic carbocycles. The van der Waals surface area contributed by atoms with Crippen LogP contribution in [0.5, 0.6) is 5.75 Å². The minimum atomic E-state index is -1.51. The van der Waals surface area contributed by atoms with Crippen molar-refractivity contribution in [1.82, 2.24) is 20.1 Å². The molecule has 5 rings (SSSR count). The van der Waals surface area contributed by atoms with Gasteiger partial charge in [-0.05, 0) is 54.7 Å². The van der Waals surface area contributed by atoms with E-state index in [-0.39, 0.29) is 12.3 Å². The van der Waals surface area contributed by atoms with Gasteiger partial charge >= 0.3 is 7.12 Å². The summed E-state index contributed by atoms with van der Waals surface area (Å²) in [6, 6.07) is 19.5. The number of nitrogens with zero attached hydrogens (tertiary/aromatic N) is 4. The number of halogens is 1. The standard InChI is InChI=1S/C28H27BClN5O4/c1-17-33-34-28-24(16-26(36)31-14-13-18-3-7-20(8-4-18)29(37)38)32-27(19-5-9-21(30)10-6-19)23-15-22(39-2)11-12-25(23)35(17)28/h3-12,15,24,37-38H,13-14,16H2,1-2H3,(H,31,36)/t24-/m0/s1. The SMILES string of the molecule is COc1ccc2c(c1)C(c1ccc(Cl)cc1)=N[C@@H](CC(=O)NCCc1ccc(B(O)O)cc1)c1nnc(C)n1-2. The molecule has 0 fully saturated rings. The summed E-state index contributed by atoms with van der Waals surface area (Å²) in [5, 5.41) is 30.8. The number of amides is 1. The van der Waals surface area contributed by atoms with Gasteiger partial charge < -0.3 is 20.1 Å². The quantitative estimate of drug-likeness (QED) is 0.294. The number of rotatable bonds is 8. The fourth-order valence-electron chi connectivity index (χ4n) is 4.63. The van der Waals surface area contributed by atoms with Crippen molar-refractivity contribution in [3.8, 4) is 11.4 Å². The largest absolute Gasteiger partial charge is 0.497 e. The molecule has 4 aromatic rings. The lowest BCUT2D eigenvalue weighted by atomic mass is 9.80. The van der Waals surface area contributed by atoms with Gasteiger partial charge in [0.2, 0.25) is 5.91 Å². The lowest BCUT2D eigenvalue weighted by Crippen LogP contribution is -2.30. The molecule has 0 radical (unpaired) electrons. The zero-order chi connectivity index (χ0) is 27.5. The fraction of sp³-hybridized carbons (Fsp3) is 0.214. The Kier molecular flexibility index (Phi) is 7.78. The molecule has 3 N–H and O–H groups in total. The number of aryl methyl sites for hydroxylation is 1. The van der Waals surface area contributed by atoms with E-state index in [0.29, 0.717) is 46.6 Å². The molecule has 1 amide bonds. The number of ether oxygens (including phenoxy) is 1. The highest BCUT2D eigenvalue weighted by Gasteiger charge is 2.30. The Balaban J connectivity index is 1.43. The van der Waals surface area contributed by atoms with Crippen molar-refractivity contribution in [3.05, 3.63) is 100 Å². The first-order valence-electron chi connectivity index (χ1n) is 12.5. The van der Waals surface area contributed by atoms with Crippen LogP contribution in [0.2, 0.25) is 5.02 Å². The zero-order valence-electron chi connectivity index (χ0n) is 21.5. The predicted molar refractivity (Wildman–Crippen MR) is 150 cm³/mol. The van der Waals surface area contributed by atoms with Crippen molar-refractivity contribution in [3.63, 3.8) is 0 Å². The van der Waals surface area contributed by atoms with Gasteiger partial charge in [-0.2, -0.15) is 0 Å². The van der Waals surface area contributed by atoms with Crippen LogP contribution in [0.1, 0.15) is 40.8 Å². The van der Waals surface area contributed by atoms with Gasteiger partial charge in [0.05, 0.1) is 24.9 Å². The molecule has 198 valence electrons. The molecule has 0 bridgehead atoms. The van der Waals surface area contributed by atoms with Crippen LogP contribution in [-0.4, -0.2) is 57.2 Å². The summed E-state index contributed by atoms with van der Waals surface area (Å²) >= 11 is 6.16. The van der Waals surface area contributed by atoms with E-state index in [2.05, 4.69) is 15.5 Å². The Labute approximate surface area is 231 Å². The van der Waals surface area contributed by atoms with Crippen molar-refractivity contribution in [2.24, 2.45) is 4.99 Å². The highest BCUT2D eigenvalue weighted by Crippen LogP contribution is 2.34. The third-order valence-electron chi connectivity index (χ3n) is 6.64. The Morgan fingerprint density at radius 2 is 1.82 bits per heavy atom. The average Bonchev–Trinajstić information content (AvgIpc) is 3.26. The van der Waals surface area contributed by atoms with E-state index >= 15 is 0 Å². The number of aliphatic imine (C=N–C) groups is 1. The Bertz CT molecular complexity index is 1520. The molecule has 0 saturated carbocycles. The highest BCUT2D eigenvalue weighted by molar-refractivity contribution is 6.58. The summed E-state index contributed by atoms with van der Waals surface area (Å²) in [6.45, 7) is 2.29. The van der Waals surface area contributed by atoms with Crippen LogP contribution in [0.25, 0.3) is 5.69 Å². The Morgan fingerprint density at radius 3 is 2.51 bits per heavy atom. The Hall–Kier alpha value is -3.99. The second kappa shape index (κ2) is 11.4. The number of benzene rings is 3. The number of fused-ring (bicyclic) bond motifs is 3. The molecular weight excluding hydrogens is 517 g/mol. The molecule has 9 nitrogen and oxygen atoms in total. The minimum absolute atomic E-state index is 0.0794. The van der Waals surface area contributed by atoms with Gasteiger partial charge in [0.15, 0.2) is 5.82 Å². The maximum Gasteiger partial charge on any atom is 0.488 e. The van der Waals surface area contributed by atoms with Crippen molar-refractivity contribution < 1.29 is 19.6 Å². The van der Waals surface area contributed by atoms with Gasteiger partial charge in [0, 0.05) is 22.7 Å². The lowest BCUT2D eigenvalue weighted by Gasteiger charge is -2.14. The first kappa shape index (κ1) is 26.6. The normalized spacial score (nSPS) is 14.1. The summed E-state index contributed by atoms with van der Waals surface area (Å²) in [5.41, 5.74) is 4.63. The molecule has 0 unspecified atom stereocenters. The van der Waals surface area contributed by atoms with E-state index in [0.717, 1.165) is 22.4 Å². The third kappa shape index (κ3) is 5.73. The van der Waals surface area contributed by atoms with Gasteiger partial charge in [0.1, 0.15) is 17.6 Å². The van der Waals surface area contributed by atoms with Crippen LogP contribution in [0.15, 0.2) is 71.7 Å². The zero-order valence-corrected chi connectivity index (χ0v) is 22.3. The number of carbonyl (C=O) groups excluding carboxylic acids is 1. The second-order valence-corrected chi connectivity index (χ2v) is 9.68. The maximum absolute atomic E-state index is 13.1. The number of aromatic nitrogens is 3. The first-order chi connectivity index (χ1) is 18.8.